The lowest BCUT2D eigenvalue weighted by molar-refractivity contribution is 0.547. The highest BCUT2D eigenvalue weighted by molar-refractivity contribution is 6.90. The van der Waals surface area contributed by atoms with Gasteiger partial charge in [-0.15, -0.1) is 13.2 Å². The third kappa shape index (κ3) is 12.8. The predicted octanol–water partition coefficient (Wildman–Crippen LogP) is 7.46. The van der Waals surface area contributed by atoms with Crippen molar-refractivity contribution < 1.29 is 8.23 Å². The van der Waals surface area contributed by atoms with Crippen molar-refractivity contribution >= 4 is 33.3 Å². The summed E-state index contributed by atoms with van der Waals surface area (Å²) in [7, 11) is -6.02. The Hall–Kier alpha value is -0.512. The van der Waals surface area contributed by atoms with Gasteiger partial charge in [0, 0.05) is 0 Å². The van der Waals surface area contributed by atoms with E-state index < -0.39 is 33.3 Å². The molecule has 160 valence electrons. The average molecular weight is 453 g/mol. The number of aryl methyl sites for hydroxylation is 2. The second-order valence-corrected chi connectivity index (χ2v) is 27.5. The zero-order valence-corrected chi connectivity index (χ0v) is 24.1. The van der Waals surface area contributed by atoms with Crippen LogP contribution in [0.2, 0.25) is 65.0 Å². The summed E-state index contributed by atoms with van der Waals surface area (Å²) in [5.74, 6) is 0. The first kappa shape index (κ1) is 27.5. The van der Waals surface area contributed by atoms with Crippen LogP contribution in [0.4, 0.5) is 0 Å². The monoisotopic (exact) mass is 452 g/mol. The van der Waals surface area contributed by atoms with E-state index in [1.807, 2.05) is 11.4 Å². The molecule has 0 unspecified atom stereocenters. The van der Waals surface area contributed by atoms with E-state index in [1.54, 1.807) is 0 Å². The third-order valence-corrected chi connectivity index (χ3v) is 16.1. The van der Waals surface area contributed by atoms with E-state index in [-0.39, 0.29) is 0 Å². The van der Waals surface area contributed by atoms with E-state index in [9.17, 15) is 0 Å². The lowest BCUT2D eigenvalue weighted by Crippen LogP contribution is -2.42. The molecule has 0 atom stereocenters. The Kier molecular flexibility index (Phi) is 10.8. The molecule has 0 saturated carbocycles. The Morgan fingerprint density at radius 3 is 1.61 bits per heavy atom. The highest BCUT2D eigenvalue weighted by Crippen LogP contribution is 2.21. The molecule has 2 nitrogen and oxygen atoms in total. The summed E-state index contributed by atoms with van der Waals surface area (Å²) >= 11 is 0. The van der Waals surface area contributed by atoms with Crippen LogP contribution in [0, 0.1) is 6.92 Å². The number of benzene rings is 1. The van der Waals surface area contributed by atoms with E-state index in [0.717, 1.165) is 6.42 Å². The van der Waals surface area contributed by atoms with Gasteiger partial charge in [-0.05, 0) is 89.4 Å². The lowest BCUT2D eigenvalue weighted by atomic mass is 10.1. The molecule has 6 heteroatoms. The second kappa shape index (κ2) is 11.0. The molecule has 0 heterocycles. The Bertz CT molecular complexity index is 620. The van der Waals surface area contributed by atoms with Gasteiger partial charge in [-0.2, -0.15) is 0 Å². The maximum atomic E-state index is 6.36. The molecule has 0 bridgehead atoms. The summed E-state index contributed by atoms with van der Waals surface area (Å²) in [6.45, 7) is 30.0. The van der Waals surface area contributed by atoms with Gasteiger partial charge >= 0.3 is 0 Å². The van der Waals surface area contributed by atoms with Gasteiger partial charge in [0.25, 0.3) is 0 Å². The first-order valence-electron chi connectivity index (χ1n) is 10.2. The van der Waals surface area contributed by atoms with Gasteiger partial charge < -0.3 is 8.23 Å². The van der Waals surface area contributed by atoms with Crippen LogP contribution in [0.1, 0.15) is 11.1 Å². The van der Waals surface area contributed by atoms with Crippen LogP contribution < -0.4 is 0 Å². The first-order valence-corrected chi connectivity index (χ1v) is 22.7. The van der Waals surface area contributed by atoms with Crippen molar-refractivity contribution in [3.05, 3.63) is 59.9 Å². The van der Waals surface area contributed by atoms with Gasteiger partial charge in [-0.25, -0.2) is 0 Å². The van der Waals surface area contributed by atoms with Crippen LogP contribution in [0.3, 0.4) is 0 Å². The van der Waals surface area contributed by atoms with Crippen molar-refractivity contribution in [2.75, 3.05) is 0 Å². The highest BCUT2D eigenvalue weighted by Gasteiger charge is 2.29. The van der Waals surface area contributed by atoms with Crippen LogP contribution in [-0.2, 0) is 14.7 Å². The number of rotatable bonds is 9. The molecule has 0 aliphatic heterocycles. The summed E-state index contributed by atoms with van der Waals surface area (Å²) in [4.78, 5) is 0. The van der Waals surface area contributed by atoms with Gasteiger partial charge in [0.05, 0.1) is 0 Å². The molecule has 28 heavy (non-hydrogen) atoms. The fourth-order valence-electron chi connectivity index (χ4n) is 3.03. The third-order valence-electron chi connectivity index (χ3n) is 4.18. The molecule has 0 N–H and O–H groups in total. The molecular weight excluding hydrogens is 409 g/mol. The molecule has 1 rings (SSSR count). The fraction of sp³-hybridized carbons (Fsp3) is 0.545. The van der Waals surface area contributed by atoms with E-state index >= 15 is 0 Å². The molecule has 0 amide bonds. The normalized spacial score (nSPS) is 12.8. The van der Waals surface area contributed by atoms with Crippen LogP contribution >= 0.6 is 0 Å². The molecule has 0 aliphatic carbocycles. The van der Waals surface area contributed by atoms with Crippen LogP contribution in [0.25, 0.3) is 0 Å². The Labute approximate surface area is 179 Å². The highest BCUT2D eigenvalue weighted by atomic mass is 28.4. The predicted molar refractivity (Wildman–Crippen MR) is 138 cm³/mol. The van der Waals surface area contributed by atoms with Crippen LogP contribution in [-0.4, -0.2) is 33.3 Å². The molecule has 0 aliphatic rings. The molecule has 0 saturated heterocycles. The van der Waals surface area contributed by atoms with E-state index in [0.29, 0.717) is 0 Å². The lowest BCUT2D eigenvalue weighted by Gasteiger charge is -2.31. The van der Waals surface area contributed by atoms with Crippen molar-refractivity contribution in [3.8, 4) is 0 Å². The fourth-order valence-corrected chi connectivity index (χ4v) is 17.1. The minimum absolute atomic E-state index is 1.16. The van der Waals surface area contributed by atoms with Gasteiger partial charge in [0.2, 0.25) is 8.32 Å². The second-order valence-electron chi connectivity index (χ2n) is 10.2. The summed E-state index contributed by atoms with van der Waals surface area (Å²) in [5, 5.41) is 0. The summed E-state index contributed by atoms with van der Waals surface area (Å²) in [5.41, 5.74) is 6.74. The van der Waals surface area contributed by atoms with Crippen molar-refractivity contribution in [2.45, 2.75) is 78.3 Å². The van der Waals surface area contributed by atoms with Crippen molar-refractivity contribution in [1.29, 1.82) is 0 Å². The van der Waals surface area contributed by atoms with E-state index in [2.05, 4.69) is 103 Å². The van der Waals surface area contributed by atoms with Gasteiger partial charge in [0.1, 0.15) is 0 Å². The standard InChI is InChI=1S/C14H26OSi2.C8H18OSi2/c1-13-9-7-8-10-14(13)11-12-17(5,6)15-16(2,3)4;1-7-11(6,8-2)9-10(3,4)5/h7-10H,11-12H2,1-6H3;7-8H,1-2H2,3-6H3. The largest absolute Gasteiger partial charge is 0.456 e. The SMILES string of the molecule is C=C[Si](C)(C=C)O[Si](C)(C)C.Cc1ccccc1CC[Si](C)(C)O[Si](C)(C)C. The quantitative estimate of drug-likeness (QED) is 0.362. The summed E-state index contributed by atoms with van der Waals surface area (Å²) in [6.07, 6.45) is 1.16. The number of hydrogen-bond donors (Lipinski definition) is 0. The van der Waals surface area contributed by atoms with Crippen molar-refractivity contribution in [3.63, 3.8) is 0 Å². The van der Waals surface area contributed by atoms with E-state index in [1.165, 1.54) is 17.2 Å². The minimum atomic E-state index is -1.74. The molecule has 0 radical (unpaired) electrons. The van der Waals surface area contributed by atoms with Gasteiger partial charge in [0.15, 0.2) is 25.0 Å². The average Bonchev–Trinajstić information content (AvgIpc) is 2.51. The van der Waals surface area contributed by atoms with Crippen molar-refractivity contribution in [1.82, 2.24) is 0 Å². The Balaban J connectivity index is 0.000000576. The molecule has 0 aromatic heterocycles. The first-order chi connectivity index (χ1) is 12.5. The smallest absolute Gasteiger partial charge is 0.226 e. The van der Waals surface area contributed by atoms with Crippen LogP contribution in [0.5, 0.6) is 0 Å². The minimum Gasteiger partial charge on any atom is -0.456 e. The molecule has 1 aromatic carbocycles. The Morgan fingerprint density at radius 1 is 0.786 bits per heavy atom. The van der Waals surface area contributed by atoms with Gasteiger partial charge in [-0.3, -0.25) is 0 Å². The van der Waals surface area contributed by atoms with E-state index in [4.69, 9.17) is 8.23 Å². The molecule has 0 spiro atoms. The maximum Gasteiger partial charge on any atom is 0.226 e. The van der Waals surface area contributed by atoms with Crippen LogP contribution in [0.15, 0.2) is 48.8 Å². The summed E-state index contributed by atoms with van der Waals surface area (Å²) < 4.78 is 12.3. The molecule has 1 aromatic rings. The molecule has 0 fully saturated rings. The van der Waals surface area contributed by atoms with Gasteiger partial charge in [-0.1, -0.05) is 35.7 Å². The zero-order valence-electron chi connectivity index (χ0n) is 20.1. The Morgan fingerprint density at radius 2 is 1.25 bits per heavy atom. The maximum absolute atomic E-state index is 6.36. The van der Waals surface area contributed by atoms with Crippen molar-refractivity contribution in [2.24, 2.45) is 0 Å². The summed E-state index contributed by atoms with van der Waals surface area (Å²) in [6, 6.07) is 9.91. The zero-order chi connectivity index (χ0) is 22.2. The topological polar surface area (TPSA) is 18.5 Å². The molecular formula is C22H44O2Si4. The number of hydrogen-bond acceptors (Lipinski definition) is 2.